The van der Waals surface area contributed by atoms with E-state index in [2.05, 4.69) is 10.4 Å². The van der Waals surface area contributed by atoms with Gasteiger partial charge in [0.15, 0.2) is 5.69 Å². The molecular weight excluding hydrogens is 328 g/mol. The van der Waals surface area contributed by atoms with Gasteiger partial charge in [-0.3, -0.25) is 14.3 Å². The van der Waals surface area contributed by atoms with Gasteiger partial charge in [-0.15, -0.1) is 0 Å². The Morgan fingerprint density at radius 1 is 1.29 bits per heavy atom. The van der Waals surface area contributed by atoms with E-state index in [9.17, 15) is 9.59 Å². The van der Waals surface area contributed by atoms with Crippen LogP contribution in [-0.4, -0.2) is 39.1 Å². The first-order chi connectivity index (χ1) is 11.4. The molecule has 7 heteroatoms. The molecule has 1 aliphatic rings. The predicted octanol–water partition coefficient (Wildman–Crippen LogP) is 2.33. The standard InChI is InChI=1S/C17H19ClN4O2/c1-11(2)19-16(23)14-9-15-17(24)21(7-8-22(15)20-14)10-12-3-5-13(18)6-4-12/h3-6,9,11H,7-8,10H2,1-2H3,(H,19,23). The summed E-state index contributed by atoms with van der Waals surface area (Å²) < 4.78 is 1.61. The molecule has 2 heterocycles. The molecule has 126 valence electrons. The summed E-state index contributed by atoms with van der Waals surface area (Å²) in [6, 6.07) is 9.02. The Hall–Kier alpha value is -2.34. The van der Waals surface area contributed by atoms with Gasteiger partial charge in [-0.25, -0.2) is 0 Å². The molecule has 0 spiro atoms. The molecule has 0 saturated carbocycles. The second kappa shape index (κ2) is 6.65. The molecule has 2 aromatic rings. The monoisotopic (exact) mass is 346 g/mol. The van der Waals surface area contributed by atoms with Crippen molar-refractivity contribution in [3.05, 3.63) is 52.3 Å². The summed E-state index contributed by atoms with van der Waals surface area (Å²) in [6.45, 7) is 5.40. The number of amides is 2. The van der Waals surface area contributed by atoms with Gasteiger partial charge < -0.3 is 10.2 Å². The van der Waals surface area contributed by atoms with Crippen LogP contribution < -0.4 is 5.32 Å². The minimum absolute atomic E-state index is 0.0216. The Balaban J connectivity index is 1.76. The number of fused-ring (bicyclic) bond motifs is 1. The molecule has 0 fully saturated rings. The van der Waals surface area contributed by atoms with Crippen LogP contribution in [0.2, 0.25) is 5.02 Å². The minimum atomic E-state index is -0.260. The van der Waals surface area contributed by atoms with E-state index < -0.39 is 0 Å². The molecule has 0 bridgehead atoms. The van der Waals surface area contributed by atoms with Crippen molar-refractivity contribution in [2.75, 3.05) is 6.54 Å². The van der Waals surface area contributed by atoms with Gasteiger partial charge in [-0.05, 0) is 31.5 Å². The van der Waals surface area contributed by atoms with Gasteiger partial charge in [0.05, 0.1) is 6.54 Å². The van der Waals surface area contributed by atoms with Crippen molar-refractivity contribution >= 4 is 23.4 Å². The van der Waals surface area contributed by atoms with Crippen molar-refractivity contribution in [2.24, 2.45) is 0 Å². The van der Waals surface area contributed by atoms with Crippen LogP contribution in [-0.2, 0) is 13.1 Å². The number of carbonyl (C=O) groups excluding carboxylic acids is 2. The first-order valence-corrected chi connectivity index (χ1v) is 8.24. The number of aromatic nitrogens is 2. The van der Waals surface area contributed by atoms with E-state index in [0.717, 1.165) is 5.56 Å². The molecule has 2 amide bonds. The Kier molecular flexibility index (Phi) is 4.57. The lowest BCUT2D eigenvalue weighted by Crippen LogP contribution is -2.39. The molecule has 0 saturated heterocycles. The van der Waals surface area contributed by atoms with Crippen molar-refractivity contribution in [3.8, 4) is 0 Å². The van der Waals surface area contributed by atoms with E-state index in [-0.39, 0.29) is 23.6 Å². The highest BCUT2D eigenvalue weighted by atomic mass is 35.5. The fourth-order valence-electron chi connectivity index (χ4n) is 2.65. The van der Waals surface area contributed by atoms with Gasteiger partial charge in [-0.2, -0.15) is 5.10 Å². The zero-order valence-corrected chi connectivity index (χ0v) is 14.4. The summed E-state index contributed by atoms with van der Waals surface area (Å²) in [5.74, 6) is -0.378. The number of hydrogen-bond acceptors (Lipinski definition) is 3. The van der Waals surface area contributed by atoms with Crippen molar-refractivity contribution in [1.82, 2.24) is 20.0 Å². The van der Waals surface area contributed by atoms with Gasteiger partial charge >= 0.3 is 0 Å². The number of nitrogens with one attached hydrogen (secondary N) is 1. The first-order valence-electron chi connectivity index (χ1n) is 7.86. The average Bonchev–Trinajstić information content (AvgIpc) is 2.97. The minimum Gasteiger partial charge on any atom is -0.348 e. The maximum atomic E-state index is 12.7. The van der Waals surface area contributed by atoms with E-state index in [1.807, 2.05) is 38.1 Å². The Morgan fingerprint density at radius 3 is 2.67 bits per heavy atom. The van der Waals surface area contributed by atoms with E-state index in [0.29, 0.717) is 30.4 Å². The lowest BCUT2D eigenvalue weighted by molar-refractivity contribution is 0.0683. The zero-order valence-electron chi connectivity index (χ0n) is 13.6. The number of rotatable bonds is 4. The highest BCUT2D eigenvalue weighted by Crippen LogP contribution is 2.18. The van der Waals surface area contributed by atoms with Crippen LogP contribution in [0.5, 0.6) is 0 Å². The van der Waals surface area contributed by atoms with Crippen molar-refractivity contribution in [1.29, 1.82) is 0 Å². The number of carbonyl (C=O) groups is 2. The molecule has 1 N–H and O–H groups in total. The van der Waals surface area contributed by atoms with Gasteiger partial charge in [0, 0.05) is 30.2 Å². The van der Waals surface area contributed by atoms with Crippen LogP contribution in [0, 0.1) is 0 Å². The number of nitrogens with zero attached hydrogens (tertiary/aromatic N) is 3. The van der Waals surface area contributed by atoms with E-state index in [1.165, 1.54) is 0 Å². The molecule has 0 unspecified atom stereocenters. The van der Waals surface area contributed by atoms with Crippen molar-refractivity contribution in [2.45, 2.75) is 33.0 Å². The van der Waals surface area contributed by atoms with Crippen molar-refractivity contribution in [3.63, 3.8) is 0 Å². The summed E-state index contributed by atoms with van der Waals surface area (Å²) in [5.41, 5.74) is 1.74. The maximum Gasteiger partial charge on any atom is 0.272 e. The van der Waals surface area contributed by atoms with Crippen LogP contribution in [0.3, 0.4) is 0 Å². The summed E-state index contributed by atoms with van der Waals surface area (Å²) in [7, 11) is 0. The van der Waals surface area contributed by atoms with Gasteiger partial charge in [-0.1, -0.05) is 23.7 Å². The maximum absolute atomic E-state index is 12.7. The summed E-state index contributed by atoms with van der Waals surface area (Å²) in [6.07, 6.45) is 0. The largest absolute Gasteiger partial charge is 0.348 e. The zero-order chi connectivity index (χ0) is 17.3. The third-order valence-corrected chi connectivity index (χ3v) is 4.06. The second-order valence-corrected chi connectivity index (χ2v) is 6.56. The summed E-state index contributed by atoms with van der Waals surface area (Å²) >= 11 is 5.89. The highest BCUT2D eigenvalue weighted by molar-refractivity contribution is 6.30. The van der Waals surface area contributed by atoms with Crippen LogP contribution in [0.25, 0.3) is 0 Å². The molecular formula is C17H19ClN4O2. The molecule has 0 aliphatic carbocycles. The van der Waals surface area contributed by atoms with E-state index in [1.54, 1.807) is 15.6 Å². The van der Waals surface area contributed by atoms with E-state index >= 15 is 0 Å². The number of benzene rings is 1. The molecule has 24 heavy (non-hydrogen) atoms. The SMILES string of the molecule is CC(C)NC(=O)c1cc2n(n1)CCN(Cc1ccc(Cl)cc1)C2=O. The van der Waals surface area contributed by atoms with E-state index in [4.69, 9.17) is 11.6 Å². The number of halogens is 1. The van der Waals surface area contributed by atoms with Crippen LogP contribution in [0.1, 0.15) is 40.4 Å². The first kappa shape index (κ1) is 16.5. The van der Waals surface area contributed by atoms with Gasteiger partial charge in [0.2, 0.25) is 0 Å². The molecule has 0 atom stereocenters. The smallest absolute Gasteiger partial charge is 0.272 e. The Bertz CT molecular complexity index is 767. The fraction of sp³-hybridized carbons (Fsp3) is 0.353. The molecule has 6 nitrogen and oxygen atoms in total. The van der Waals surface area contributed by atoms with Crippen LogP contribution in [0.15, 0.2) is 30.3 Å². The predicted molar refractivity (Wildman–Crippen MR) is 91.0 cm³/mol. The highest BCUT2D eigenvalue weighted by Gasteiger charge is 2.28. The van der Waals surface area contributed by atoms with Gasteiger partial charge in [0.25, 0.3) is 11.8 Å². The lowest BCUT2D eigenvalue weighted by Gasteiger charge is -2.27. The third-order valence-electron chi connectivity index (χ3n) is 3.81. The molecule has 1 aromatic carbocycles. The summed E-state index contributed by atoms with van der Waals surface area (Å²) in [4.78, 5) is 26.5. The fourth-order valence-corrected chi connectivity index (χ4v) is 2.77. The number of hydrogen-bond donors (Lipinski definition) is 1. The molecule has 1 aliphatic heterocycles. The topological polar surface area (TPSA) is 67.2 Å². The van der Waals surface area contributed by atoms with Crippen LogP contribution >= 0.6 is 11.6 Å². The molecule has 0 radical (unpaired) electrons. The third kappa shape index (κ3) is 3.43. The van der Waals surface area contributed by atoms with Crippen LogP contribution in [0.4, 0.5) is 0 Å². The average molecular weight is 347 g/mol. The van der Waals surface area contributed by atoms with Crippen molar-refractivity contribution < 1.29 is 9.59 Å². The summed E-state index contributed by atoms with van der Waals surface area (Å²) in [5, 5.41) is 7.70. The Morgan fingerprint density at radius 2 is 2.00 bits per heavy atom. The molecule has 1 aromatic heterocycles. The molecule has 3 rings (SSSR count). The second-order valence-electron chi connectivity index (χ2n) is 6.12. The lowest BCUT2D eigenvalue weighted by atomic mass is 10.2. The quantitative estimate of drug-likeness (QED) is 0.924. The Labute approximate surface area is 145 Å². The normalized spacial score (nSPS) is 14.0. The van der Waals surface area contributed by atoms with Gasteiger partial charge in [0.1, 0.15) is 5.69 Å².